The minimum absolute atomic E-state index is 0.0516. The van der Waals surface area contributed by atoms with E-state index in [4.69, 9.17) is 21.1 Å². The van der Waals surface area contributed by atoms with Crippen LogP contribution in [0, 0.1) is 5.82 Å². The Morgan fingerprint density at radius 1 is 1.04 bits per heavy atom. The molecule has 0 aromatic heterocycles. The van der Waals surface area contributed by atoms with Crippen LogP contribution in [0.15, 0.2) is 36.4 Å². The highest BCUT2D eigenvalue weighted by Crippen LogP contribution is 2.37. The summed E-state index contributed by atoms with van der Waals surface area (Å²) in [6.07, 6.45) is 1.03. The topological polar surface area (TPSA) is 30.5 Å². The smallest absolute Gasteiger partial charge is 0.180 e. The first-order valence-electron chi connectivity index (χ1n) is 8.92. The van der Waals surface area contributed by atoms with E-state index in [-0.39, 0.29) is 11.4 Å². The van der Waals surface area contributed by atoms with Gasteiger partial charge in [-0.25, -0.2) is 4.39 Å². The maximum atomic E-state index is 13.0. The predicted molar refractivity (Wildman–Crippen MR) is 105 cm³/mol. The van der Waals surface area contributed by atoms with Crippen molar-refractivity contribution in [1.29, 1.82) is 0 Å². The van der Waals surface area contributed by atoms with E-state index >= 15 is 0 Å². The number of rotatable bonds is 9. The van der Waals surface area contributed by atoms with Crippen molar-refractivity contribution in [2.75, 3.05) is 6.61 Å². The lowest BCUT2D eigenvalue weighted by molar-refractivity contribution is 0.269. The summed E-state index contributed by atoms with van der Waals surface area (Å²) < 4.78 is 24.6. The lowest BCUT2D eigenvalue weighted by atomic mass is 10.0. The van der Waals surface area contributed by atoms with Gasteiger partial charge in [0, 0.05) is 12.1 Å². The van der Waals surface area contributed by atoms with E-state index in [9.17, 15) is 4.39 Å². The minimum Gasteiger partial charge on any atom is -0.490 e. The summed E-state index contributed by atoms with van der Waals surface area (Å²) in [5, 5.41) is 4.02. The maximum absolute atomic E-state index is 13.0. The van der Waals surface area contributed by atoms with Gasteiger partial charge in [0.15, 0.2) is 11.5 Å². The summed E-state index contributed by atoms with van der Waals surface area (Å²) >= 11 is 6.45. The third-order valence-electron chi connectivity index (χ3n) is 4.32. The first-order valence-corrected chi connectivity index (χ1v) is 9.30. The van der Waals surface area contributed by atoms with Gasteiger partial charge >= 0.3 is 0 Å². The van der Waals surface area contributed by atoms with Gasteiger partial charge in [0.1, 0.15) is 12.4 Å². The van der Waals surface area contributed by atoms with Crippen molar-refractivity contribution in [1.82, 2.24) is 5.32 Å². The molecule has 2 rings (SSSR count). The summed E-state index contributed by atoms with van der Waals surface area (Å²) in [4.78, 5) is 0. The molecule has 0 bridgehead atoms. The van der Waals surface area contributed by atoms with E-state index in [0.29, 0.717) is 36.3 Å². The second-order valence-corrected chi connectivity index (χ2v) is 7.25. The van der Waals surface area contributed by atoms with Crippen LogP contribution in [0.25, 0.3) is 0 Å². The highest BCUT2D eigenvalue weighted by molar-refractivity contribution is 6.32. The van der Waals surface area contributed by atoms with Crippen molar-refractivity contribution in [2.24, 2.45) is 0 Å². The number of nitrogens with one attached hydrogen (secondary N) is 1. The number of hydrogen-bond donors (Lipinski definition) is 1. The fraction of sp³-hybridized carbons (Fsp3) is 0.429. The second kappa shape index (κ2) is 9.24. The molecule has 5 heteroatoms. The molecule has 0 aliphatic heterocycles. The number of hydrogen-bond acceptors (Lipinski definition) is 3. The van der Waals surface area contributed by atoms with E-state index in [0.717, 1.165) is 17.5 Å². The van der Waals surface area contributed by atoms with E-state index in [2.05, 4.69) is 26.1 Å². The van der Waals surface area contributed by atoms with E-state index in [1.807, 2.05) is 19.1 Å². The van der Waals surface area contributed by atoms with Crippen molar-refractivity contribution in [3.8, 4) is 11.5 Å². The van der Waals surface area contributed by atoms with Gasteiger partial charge in [-0.05, 0) is 62.6 Å². The molecular weight excluding hydrogens is 353 g/mol. The summed E-state index contributed by atoms with van der Waals surface area (Å²) in [5.41, 5.74) is 1.95. The Morgan fingerprint density at radius 3 is 2.35 bits per heavy atom. The molecule has 0 saturated carbocycles. The highest BCUT2D eigenvalue weighted by atomic mass is 35.5. The van der Waals surface area contributed by atoms with Gasteiger partial charge in [-0.3, -0.25) is 0 Å². The second-order valence-electron chi connectivity index (χ2n) is 6.84. The fourth-order valence-electron chi connectivity index (χ4n) is 2.33. The Bertz CT molecular complexity index is 717. The normalized spacial score (nSPS) is 11.5. The van der Waals surface area contributed by atoms with Crippen LogP contribution in [0.4, 0.5) is 4.39 Å². The molecule has 0 unspecified atom stereocenters. The van der Waals surface area contributed by atoms with Gasteiger partial charge in [-0.2, -0.15) is 0 Å². The van der Waals surface area contributed by atoms with Crippen molar-refractivity contribution in [3.05, 3.63) is 58.4 Å². The minimum atomic E-state index is -0.270. The average Bonchev–Trinajstić information content (AvgIpc) is 2.61. The van der Waals surface area contributed by atoms with Crippen LogP contribution in [0.3, 0.4) is 0 Å². The van der Waals surface area contributed by atoms with Crippen molar-refractivity contribution in [2.45, 2.75) is 52.8 Å². The molecule has 26 heavy (non-hydrogen) atoms. The Balaban J connectivity index is 2.15. The molecular formula is C21H27ClFNO2. The lowest BCUT2D eigenvalue weighted by Gasteiger charge is -2.25. The maximum Gasteiger partial charge on any atom is 0.180 e. The molecule has 1 N–H and O–H groups in total. The van der Waals surface area contributed by atoms with Gasteiger partial charge in [0.25, 0.3) is 0 Å². The Hall–Kier alpha value is -1.78. The van der Waals surface area contributed by atoms with Gasteiger partial charge < -0.3 is 14.8 Å². The molecule has 0 amide bonds. The van der Waals surface area contributed by atoms with Crippen LogP contribution in [0.1, 0.15) is 45.2 Å². The monoisotopic (exact) mass is 379 g/mol. The van der Waals surface area contributed by atoms with Crippen LogP contribution in [0.5, 0.6) is 11.5 Å². The molecule has 0 aliphatic carbocycles. The van der Waals surface area contributed by atoms with Crippen LogP contribution in [-0.4, -0.2) is 12.1 Å². The third kappa shape index (κ3) is 5.89. The summed E-state index contributed by atoms with van der Waals surface area (Å²) in [6, 6.07) is 10.0. The molecule has 0 heterocycles. The molecule has 2 aromatic carbocycles. The quantitative estimate of drug-likeness (QED) is 0.603. The highest BCUT2D eigenvalue weighted by Gasteiger charge is 2.16. The average molecular weight is 380 g/mol. The van der Waals surface area contributed by atoms with E-state index in [1.54, 1.807) is 12.1 Å². The zero-order valence-electron chi connectivity index (χ0n) is 15.9. The predicted octanol–water partition coefficient (Wildman–Crippen LogP) is 5.74. The van der Waals surface area contributed by atoms with E-state index in [1.165, 1.54) is 12.1 Å². The van der Waals surface area contributed by atoms with Crippen LogP contribution < -0.4 is 14.8 Å². The molecule has 0 aliphatic rings. The van der Waals surface area contributed by atoms with Gasteiger partial charge in [0.05, 0.1) is 11.6 Å². The first kappa shape index (κ1) is 20.5. The lowest BCUT2D eigenvalue weighted by Crippen LogP contribution is -2.37. The van der Waals surface area contributed by atoms with Gasteiger partial charge in [-0.1, -0.05) is 30.7 Å². The van der Waals surface area contributed by atoms with Crippen LogP contribution in [-0.2, 0) is 13.2 Å². The third-order valence-corrected chi connectivity index (χ3v) is 4.60. The summed E-state index contributed by atoms with van der Waals surface area (Å²) in [5.74, 6) is 0.859. The summed E-state index contributed by atoms with van der Waals surface area (Å²) in [6.45, 7) is 9.90. The molecule has 0 saturated heterocycles. The van der Waals surface area contributed by atoms with Crippen molar-refractivity contribution >= 4 is 11.6 Å². The standard InChI is InChI=1S/C21H27ClFNO2/c1-5-21(3,4)24-13-16-11-18(22)20(19(12-16)25-6-2)26-14-15-7-9-17(23)10-8-15/h7-12,24H,5-6,13-14H2,1-4H3. The Labute approximate surface area is 160 Å². The molecule has 0 spiro atoms. The Morgan fingerprint density at radius 2 is 1.73 bits per heavy atom. The number of ether oxygens (including phenoxy) is 2. The SMILES string of the molecule is CCOc1cc(CNC(C)(C)CC)cc(Cl)c1OCc1ccc(F)cc1. The van der Waals surface area contributed by atoms with E-state index < -0.39 is 0 Å². The molecule has 2 aromatic rings. The largest absolute Gasteiger partial charge is 0.490 e. The zero-order valence-corrected chi connectivity index (χ0v) is 16.6. The zero-order chi connectivity index (χ0) is 19.2. The molecule has 0 atom stereocenters. The van der Waals surface area contributed by atoms with Crippen LogP contribution in [0.2, 0.25) is 5.02 Å². The number of halogens is 2. The molecule has 0 fully saturated rings. The molecule has 0 radical (unpaired) electrons. The van der Waals surface area contributed by atoms with Gasteiger partial charge in [0.2, 0.25) is 0 Å². The molecule has 142 valence electrons. The Kier molecular flexibility index (Phi) is 7.30. The first-order chi connectivity index (χ1) is 12.3. The van der Waals surface area contributed by atoms with Crippen molar-refractivity contribution < 1.29 is 13.9 Å². The molecule has 3 nitrogen and oxygen atoms in total. The fourth-order valence-corrected chi connectivity index (χ4v) is 2.62. The number of benzene rings is 2. The van der Waals surface area contributed by atoms with Crippen LogP contribution >= 0.6 is 11.6 Å². The van der Waals surface area contributed by atoms with Crippen molar-refractivity contribution in [3.63, 3.8) is 0 Å². The van der Waals surface area contributed by atoms with Gasteiger partial charge in [-0.15, -0.1) is 0 Å². The summed E-state index contributed by atoms with van der Waals surface area (Å²) in [7, 11) is 0.